The molecule has 4 aliphatic rings. The van der Waals surface area contributed by atoms with Crippen LogP contribution in [0.15, 0.2) is 0 Å². The van der Waals surface area contributed by atoms with Crippen LogP contribution in [0.1, 0.15) is 187 Å². The molecule has 0 radical (unpaired) electrons. The van der Waals surface area contributed by atoms with E-state index in [1.54, 1.807) is 0 Å². The van der Waals surface area contributed by atoms with Gasteiger partial charge in [0.05, 0.1) is 24.9 Å². The van der Waals surface area contributed by atoms with Gasteiger partial charge in [-0.2, -0.15) is 0 Å². The Hall–Kier alpha value is -0.160. The van der Waals surface area contributed by atoms with Gasteiger partial charge in [-0.15, -0.1) is 0 Å². The van der Waals surface area contributed by atoms with Crippen LogP contribution < -0.4 is 0 Å². The molecule has 3 saturated carbocycles. The molecule has 4 heteroatoms. The summed E-state index contributed by atoms with van der Waals surface area (Å²) < 4.78 is 116. The Morgan fingerprint density at radius 3 is 1.45 bits per heavy atom. The number of ether oxygens (including phenoxy) is 1. The van der Waals surface area contributed by atoms with Crippen LogP contribution in [-0.4, -0.2) is 46.8 Å². The lowest BCUT2D eigenvalue weighted by Gasteiger charge is -2.43. The Morgan fingerprint density at radius 1 is 0.711 bits per heavy atom. The molecule has 0 aromatic heterocycles. The quantitative estimate of drug-likeness (QED) is 0.288. The Balaban J connectivity index is -0.0000000487. The summed E-state index contributed by atoms with van der Waals surface area (Å²) in [6.45, 7) is 16.2. The van der Waals surface area contributed by atoms with Crippen molar-refractivity contribution < 1.29 is 55.6 Å². The summed E-state index contributed by atoms with van der Waals surface area (Å²) in [6, 6.07) is 0. The zero-order valence-electron chi connectivity index (χ0n) is 48.4. The maximum absolute atomic E-state index is 9.67. The van der Waals surface area contributed by atoms with Gasteiger partial charge in [-0.25, -0.2) is 0 Å². The van der Waals surface area contributed by atoms with Crippen molar-refractivity contribution in [2.45, 2.75) is 170 Å². The molecule has 0 aromatic carbocycles. The number of rotatable bonds is 6. The Morgan fingerprint density at radius 2 is 1.11 bits per heavy atom. The minimum atomic E-state index is -0.301. The zero-order chi connectivity index (χ0) is 50.4. The molecule has 4 fully saturated rings. The fourth-order valence-corrected chi connectivity index (χ4v) is 8.35. The van der Waals surface area contributed by atoms with E-state index in [0.29, 0.717) is 22.9 Å². The van der Waals surface area contributed by atoms with Crippen LogP contribution in [0, 0.1) is 34.0 Å². The second-order valence-corrected chi connectivity index (χ2v) is 14.1. The fraction of sp³-hybridized carbons (Fsp3) is 1.00. The van der Waals surface area contributed by atoms with Gasteiger partial charge in [0.25, 0.3) is 0 Å². The van der Waals surface area contributed by atoms with Gasteiger partial charge in [-0.1, -0.05) is 91.9 Å². The van der Waals surface area contributed by atoms with Crippen LogP contribution in [0.2, 0.25) is 0 Å². The van der Waals surface area contributed by atoms with Gasteiger partial charge in [0.1, 0.15) is 0 Å². The van der Waals surface area contributed by atoms with Crippen molar-refractivity contribution in [3.63, 3.8) is 0 Å². The molecule has 1 spiro atoms. The van der Waals surface area contributed by atoms with Crippen LogP contribution in [0.25, 0.3) is 0 Å². The molecule has 1 aliphatic heterocycles. The van der Waals surface area contributed by atoms with Gasteiger partial charge in [0, 0.05) is 42.1 Å². The van der Waals surface area contributed by atoms with Gasteiger partial charge < -0.3 is 20.1 Å². The molecule has 0 aromatic rings. The summed E-state index contributed by atoms with van der Waals surface area (Å²) in [7, 11) is 0. The third-order valence-electron chi connectivity index (χ3n) is 12.2. The molecule has 4 nitrogen and oxygen atoms in total. The third-order valence-corrected chi connectivity index (χ3v) is 12.2. The van der Waals surface area contributed by atoms with Crippen LogP contribution in [0.4, 0.5) is 0 Å². The smallest absolute Gasteiger partial charge is 0.0578 e. The average Bonchev–Trinajstić information content (AvgIpc) is 3.63. The second kappa shape index (κ2) is 15.7. The molecule has 1 saturated heterocycles. The lowest BCUT2D eigenvalue weighted by Crippen LogP contribution is -2.40. The maximum atomic E-state index is 9.67. The van der Waals surface area contributed by atoms with Crippen molar-refractivity contribution in [1.82, 2.24) is 0 Å². The predicted molar refractivity (Wildman–Crippen MR) is 188 cm³/mol. The number of aliphatic hydroxyl groups excluding tert-OH is 3. The summed E-state index contributed by atoms with van der Waals surface area (Å²) in [5.41, 5.74) is 1.04. The first-order chi connectivity index (χ1) is 29.0. The van der Waals surface area contributed by atoms with E-state index >= 15 is 0 Å². The van der Waals surface area contributed by atoms with Gasteiger partial charge in [-0.3, -0.25) is 0 Å². The largest absolute Gasteiger partial charge is 0.396 e. The van der Waals surface area contributed by atoms with E-state index in [9.17, 15) is 15.3 Å². The van der Waals surface area contributed by atoms with Gasteiger partial charge in [0.2, 0.25) is 0 Å². The summed E-state index contributed by atoms with van der Waals surface area (Å²) in [5, 5.41) is 28.7. The first-order valence-corrected chi connectivity index (χ1v) is 16.6. The lowest BCUT2D eigenvalue weighted by atomic mass is 9.63. The first kappa shape index (κ1) is 20.7. The topological polar surface area (TPSA) is 69.9 Å². The molecule has 6 atom stereocenters. The highest BCUT2D eigenvalue weighted by molar-refractivity contribution is 4.94. The highest BCUT2D eigenvalue weighted by Crippen LogP contribution is 2.49. The van der Waals surface area contributed by atoms with E-state index < -0.39 is 0 Å². The number of hydrogen-bond donors (Lipinski definition) is 3. The lowest BCUT2D eigenvalue weighted by molar-refractivity contribution is -0.0267. The predicted octanol–water partition coefficient (Wildman–Crippen LogP) is 11.5. The summed E-state index contributed by atoms with van der Waals surface area (Å²) in [4.78, 5) is 0. The molecule has 38 heavy (non-hydrogen) atoms. The van der Waals surface area contributed by atoms with E-state index in [-0.39, 0.29) is 33.0 Å². The zero-order valence-corrected chi connectivity index (χ0v) is 26.4. The minimum Gasteiger partial charge on any atom is -0.396 e. The summed E-state index contributed by atoms with van der Waals surface area (Å²) >= 11 is 0. The molecular formula is C34H92O4. The highest BCUT2D eigenvalue weighted by Gasteiger charge is 2.45. The molecule has 0 amide bonds. The van der Waals surface area contributed by atoms with Crippen molar-refractivity contribution in [3.05, 3.63) is 0 Å². The molecule has 1 heterocycles. The van der Waals surface area contributed by atoms with Crippen molar-refractivity contribution in [1.29, 1.82) is 0 Å². The Bertz CT molecular complexity index is 645. The highest BCUT2D eigenvalue weighted by atomic mass is 16.5. The number of hydrogen-bond acceptors (Lipinski definition) is 4. The van der Waals surface area contributed by atoms with Crippen molar-refractivity contribution in [2.75, 3.05) is 13.2 Å². The van der Waals surface area contributed by atoms with E-state index in [2.05, 4.69) is 34.6 Å². The summed E-state index contributed by atoms with van der Waals surface area (Å²) in [5.74, 6) is 1.48. The molecule has 3 aliphatic carbocycles. The summed E-state index contributed by atoms with van der Waals surface area (Å²) in [6.07, 6.45) is 21.1. The molecule has 0 unspecified atom stereocenters. The monoisotopic (exact) mass is 589 g/mol. The van der Waals surface area contributed by atoms with Gasteiger partial charge in [-0.05, 0) is 93.3 Å². The molecule has 0 bridgehead atoms. The SMILES string of the molecule is CCC1([C@H](C)[C@H](C)O)CCCCC1.C[C@@H]1OCC2(CCCCC2)[C@@H]1C.C[C@H](O)[C@@H](C)C1(CO)CCCCC1.[2HH].[2HH].[2H][2H].[2H][2H].[2H][2H].[2H][2H].[2H][2H].[2H][2H].[2H][2H].[2H][2H].[2H][2H].[2H][2H].[2H][2H]. The van der Waals surface area contributed by atoms with E-state index in [4.69, 9.17) is 37.4 Å². The van der Waals surface area contributed by atoms with E-state index in [1.807, 2.05) is 13.8 Å². The van der Waals surface area contributed by atoms with E-state index in [1.165, 1.54) is 89.9 Å². The second-order valence-electron chi connectivity index (χ2n) is 14.1. The Labute approximate surface area is 273 Å². The van der Waals surface area contributed by atoms with Crippen LogP contribution >= 0.6 is 0 Å². The molecular weight excluding hydrogens is 472 g/mol. The normalized spacial score (nSPS) is 33.4. The standard InChI is InChI=1S/C12H24O.C11H22O2.C11H20O.13H2/c1-4-12(10(2)11(3)13)8-6-5-7-9-12;1-9(10(2)13)11(8-12)6-4-3-5-7-11;1-9-10(2)12-8-11(9)6-4-3-5-7-11;;;;;;;;;;;;;/h10-11,13H,4-9H2,1-3H3;9-10,12-13H,3-8H2,1-2H3;9-10H,3-8H2,1-2H3;13*1H/t10-,11+;2*9-,10+;;;;;;;;;;;;;/m111............./s1/i;;;11*1+1D;2*1+1. The van der Waals surface area contributed by atoms with Gasteiger partial charge in [0.15, 0.2) is 0 Å². The minimum absolute atomic E-state index is 0. The van der Waals surface area contributed by atoms with Crippen molar-refractivity contribution in [3.8, 4) is 0 Å². The van der Waals surface area contributed by atoms with Gasteiger partial charge >= 0.3 is 0 Å². The van der Waals surface area contributed by atoms with Crippen LogP contribution in [0.5, 0.6) is 0 Å². The fourth-order valence-electron chi connectivity index (χ4n) is 8.35. The molecule has 252 valence electrons. The van der Waals surface area contributed by atoms with Crippen molar-refractivity contribution >= 4 is 0 Å². The molecule has 4 rings (SSSR count). The van der Waals surface area contributed by atoms with Crippen LogP contribution in [-0.2, 0) is 4.74 Å². The third kappa shape index (κ3) is 8.43. The Kier molecular flexibility index (Phi) is 8.56. The average molecular weight is 589 g/mol. The number of aliphatic hydroxyl groups is 3. The maximum Gasteiger partial charge on any atom is 0.0578 e. The molecule has 3 N–H and O–H groups in total. The van der Waals surface area contributed by atoms with E-state index in [0.717, 1.165) is 25.4 Å². The first-order valence-electron chi connectivity index (χ1n) is 27.6. The van der Waals surface area contributed by atoms with Crippen LogP contribution in [0.3, 0.4) is 0 Å². The van der Waals surface area contributed by atoms with Crippen molar-refractivity contribution in [2.24, 2.45) is 34.0 Å².